The average molecular weight is 369 g/mol. The van der Waals surface area contributed by atoms with Crippen LogP contribution in [0.15, 0.2) is 54.6 Å². The molecule has 0 atom stereocenters. The van der Waals surface area contributed by atoms with Crippen LogP contribution in [0, 0.1) is 0 Å². The molecule has 1 heterocycles. The van der Waals surface area contributed by atoms with Crippen LogP contribution in [-0.2, 0) is 16.0 Å². The first-order valence-electron chi connectivity index (χ1n) is 8.72. The first kappa shape index (κ1) is 18.2. The van der Waals surface area contributed by atoms with Crippen LogP contribution in [0.2, 0.25) is 5.02 Å². The highest BCUT2D eigenvalue weighted by molar-refractivity contribution is 6.30. The van der Waals surface area contributed by atoms with Gasteiger partial charge in [0.2, 0.25) is 11.8 Å². The summed E-state index contributed by atoms with van der Waals surface area (Å²) in [6.07, 6.45) is 5.56. The van der Waals surface area contributed by atoms with E-state index < -0.39 is 0 Å². The second-order valence-corrected chi connectivity index (χ2v) is 6.68. The van der Waals surface area contributed by atoms with Gasteiger partial charge in [-0.05, 0) is 54.3 Å². The molecule has 0 bridgehead atoms. The third-order valence-corrected chi connectivity index (χ3v) is 4.54. The first-order chi connectivity index (χ1) is 12.6. The summed E-state index contributed by atoms with van der Waals surface area (Å²) < 4.78 is 0. The fourth-order valence-electron chi connectivity index (χ4n) is 2.94. The van der Waals surface area contributed by atoms with Crippen LogP contribution in [-0.4, -0.2) is 24.9 Å². The molecular weight excluding hydrogens is 348 g/mol. The summed E-state index contributed by atoms with van der Waals surface area (Å²) >= 11 is 5.94. The number of hydrogen-bond acceptors (Lipinski definition) is 2. The van der Waals surface area contributed by atoms with Crippen molar-refractivity contribution in [3.05, 3.63) is 70.8 Å². The van der Waals surface area contributed by atoms with E-state index in [-0.39, 0.29) is 11.8 Å². The molecule has 0 unspecified atom stereocenters. The van der Waals surface area contributed by atoms with E-state index in [0.29, 0.717) is 18.0 Å². The zero-order valence-electron chi connectivity index (χ0n) is 14.5. The fourth-order valence-corrected chi connectivity index (χ4v) is 3.15. The highest BCUT2D eigenvalue weighted by Gasteiger charge is 2.21. The molecule has 2 amide bonds. The van der Waals surface area contributed by atoms with Gasteiger partial charge in [-0.15, -0.1) is 0 Å². The summed E-state index contributed by atoms with van der Waals surface area (Å²) in [4.78, 5) is 25.5. The lowest BCUT2D eigenvalue weighted by atomic mass is 10.1. The number of hydrogen-bond donors (Lipinski definition) is 1. The maximum atomic E-state index is 11.9. The Balaban J connectivity index is 1.47. The Kier molecular flexibility index (Phi) is 6.08. The van der Waals surface area contributed by atoms with Crippen LogP contribution in [0.1, 0.15) is 24.0 Å². The zero-order valence-corrected chi connectivity index (χ0v) is 15.2. The largest absolute Gasteiger partial charge is 0.352 e. The lowest BCUT2D eigenvalue weighted by Crippen LogP contribution is -2.23. The van der Waals surface area contributed by atoms with E-state index in [0.717, 1.165) is 36.2 Å². The minimum atomic E-state index is -0.133. The van der Waals surface area contributed by atoms with Crippen molar-refractivity contribution in [1.29, 1.82) is 0 Å². The summed E-state index contributed by atoms with van der Waals surface area (Å²) in [5, 5.41) is 3.56. The number of nitrogens with one attached hydrogen (secondary N) is 1. The van der Waals surface area contributed by atoms with Crippen molar-refractivity contribution >= 4 is 35.2 Å². The average Bonchev–Trinajstić information content (AvgIpc) is 3.06. The molecule has 26 heavy (non-hydrogen) atoms. The van der Waals surface area contributed by atoms with Crippen molar-refractivity contribution in [3.63, 3.8) is 0 Å². The van der Waals surface area contributed by atoms with Gasteiger partial charge in [0, 0.05) is 36.3 Å². The van der Waals surface area contributed by atoms with Crippen LogP contribution in [0.5, 0.6) is 0 Å². The minimum absolute atomic E-state index is 0.133. The lowest BCUT2D eigenvalue weighted by Gasteiger charge is -2.15. The van der Waals surface area contributed by atoms with Gasteiger partial charge in [0.1, 0.15) is 0 Å². The molecule has 0 saturated carbocycles. The van der Waals surface area contributed by atoms with Crippen molar-refractivity contribution in [2.75, 3.05) is 18.0 Å². The lowest BCUT2D eigenvalue weighted by molar-refractivity contribution is -0.117. The Morgan fingerprint density at radius 3 is 2.69 bits per heavy atom. The van der Waals surface area contributed by atoms with E-state index >= 15 is 0 Å². The molecule has 0 aliphatic carbocycles. The molecule has 2 aromatic rings. The van der Waals surface area contributed by atoms with E-state index in [9.17, 15) is 9.59 Å². The summed E-state index contributed by atoms with van der Waals surface area (Å²) in [7, 11) is 0. The predicted octanol–water partition coefficient (Wildman–Crippen LogP) is 3.84. The van der Waals surface area contributed by atoms with Gasteiger partial charge in [-0.1, -0.05) is 35.9 Å². The molecule has 4 nitrogen and oxygen atoms in total. The second-order valence-electron chi connectivity index (χ2n) is 6.24. The number of anilines is 1. The smallest absolute Gasteiger partial charge is 0.244 e. The van der Waals surface area contributed by atoms with Crippen LogP contribution in [0.25, 0.3) is 6.08 Å². The molecule has 1 aliphatic rings. The van der Waals surface area contributed by atoms with E-state index in [1.807, 2.05) is 48.5 Å². The predicted molar refractivity (Wildman–Crippen MR) is 105 cm³/mol. The summed E-state index contributed by atoms with van der Waals surface area (Å²) in [6.45, 7) is 1.34. The molecule has 1 aliphatic heterocycles. The van der Waals surface area contributed by atoms with Crippen LogP contribution in [0.4, 0.5) is 5.69 Å². The van der Waals surface area contributed by atoms with Gasteiger partial charge in [0.15, 0.2) is 0 Å². The number of halogens is 1. The molecular formula is C21H21ClN2O2. The van der Waals surface area contributed by atoms with Gasteiger partial charge in [-0.3, -0.25) is 9.59 Å². The minimum Gasteiger partial charge on any atom is -0.352 e. The number of benzene rings is 2. The molecule has 5 heteroatoms. The molecule has 0 radical (unpaired) electrons. The maximum Gasteiger partial charge on any atom is 0.244 e. The topological polar surface area (TPSA) is 49.4 Å². The number of amides is 2. The summed E-state index contributed by atoms with van der Waals surface area (Å²) in [6, 6.07) is 15.3. The second kappa shape index (κ2) is 8.68. The number of rotatable bonds is 6. The number of carbonyl (C=O) groups excluding carboxylic acids is 2. The van der Waals surface area contributed by atoms with Crippen molar-refractivity contribution in [3.8, 4) is 0 Å². The Hall–Kier alpha value is -2.59. The SMILES string of the molecule is O=C(/C=C/c1ccc(N2CCCC2=O)cc1)NCCc1cccc(Cl)c1. The van der Waals surface area contributed by atoms with E-state index in [4.69, 9.17) is 11.6 Å². The first-order valence-corrected chi connectivity index (χ1v) is 9.10. The third kappa shape index (κ3) is 4.96. The Labute approximate surface area is 158 Å². The van der Waals surface area contributed by atoms with Crippen molar-refractivity contribution in [1.82, 2.24) is 5.32 Å². The standard InChI is InChI=1S/C21H21ClN2O2/c22-18-4-1-3-17(15-18)12-13-23-20(25)11-8-16-6-9-19(10-7-16)24-14-2-5-21(24)26/h1,3-4,6-11,15H,2,5,12-14H2,(H,23,25)/b11-8+. The Morgan fingerprint density at radius 2 is 2.00 bits per heavy atom. The monoisotopic (exact) mass is 368 g/mol. The van der Waals surface area contributed by atoms with Gasteiger partial charge in [0.25, 0.3) is 0 Å². The normalized spacial score (nSPS) is 14.2. The molecule has 134 valence electrons. The quantitative estimate of drug-likeness (QED) is 0.787. The molecule has 1 fully saturated rings. The van der Waals surface area contributed by atoms with Crippen molar-refractivity contribution in [2.45, 2.75) is 19.3 Å². The van der Waals surface area contributed by atoms with Crippen molar-refractivity contribution in [2.24, 2.45) is 0 Å². The maximum absolute atomic E-state index is 11.9. The molecule has 3 rings (SSSR count). The zero-order chi connectivity index (χ0) is 18.4. The molecule has 0 aromatic heterocycles. The van der Waals surface area contributed by atoms with Crippen LogP contribution < -0.4 is 10.2 Å². The van der Waals surface area contributed by atoms with Gasteiger partial charge >= 0.3 is 0 Å². The van der Waals surface area contributed by atoms with E-state index in [1.165, 1.54) is 6.08 Å². The fraction of sp³-hybridized carbons (Fsp3) is 0.238. The van der Waals surface area contributed by atoms with Crippen molar-refractivity contribution < 1.29 is 9.59 Å². The Bertz CT molecular complexity index is 815. The molecule has 1 saturated heterocycles. The Morgan fingerprint density at radius 1 is 1.19 bits per heavy atom. The van der Waals surface area contributed by atoms with Crippen LogP contribution in [0.3, 0.4) is 0 Å². The third-order valence-electron chi connectivity index (χ3n) is 4.31. The highest BCUT2D eigenvalue weighted by Crippen LogP contribution is 2.21. The van der Waals surface area contributed by atoms with Crippen LogP contribution >= 0.6 is 11.6 Å². The summed E-state index contributed by atoms with van der Waals surface area (Å²) in [5.41, 5.74) is 2.93. The van der Waals surface area contributed by atoms with Gasteiger partial charge in [-0.2, -0.15) is 0 Å². The summed E-state index contributed by atoms with van der Waals surface area (Å²) in [5.74, 6) is 0.0400. The van der Waals surface area contributed by atoms with Gasteiger partial charge in [0.05, 0.1) is 0 Å². The molecule has 2 aromatic carbocycles. The highest BCUT2D eigenvalue weighted by atomic mass is 35.5. The number of carbonyl (C=O) groups is 2. The molecule has 1 N–H and O–H groups in total. The molecule has 0 spiro atoms. The van der Waals surface area contributed by atoms with Gasteiger partial charge < -0.3 is 10.2 Å². The number of nitrogens with zero attached hydrogens (tertiary/aromatic N) is 1. The van der Waals surface area contributed by atoms with Gasteiger partial charge in [-0.25, -0.2) is 0 Å². The van der Waals surface area contributed by atoms with E-state index in [1.54, 1.807) is 11.0 Å². The van der Waals surface area contributed by atoms with E-state index in [2.05, 4.69) is 5.32 Å².